The average molecular weight is 343 g/mol. The molecule has 2 aromatic rings. The lowest BCUT2D eigenvalue weighted by molar-refractivity contribution is 0.316. The summed E-state index contributed by atoms with van der Waals surface area (Å²) in [5.41, 5.74) is 5.07. The zero-order valence-corrected chi connectivity index (χ0v) is 15.5. The molecule has 1 aliphatic rings. The molecule has 2 aromatic carbocycles. The van der Waals surface area contributed by atoms with Crippen LogP contribution in [0.25, 0.3) is 0 Å². The maximum atomic E-state index is 10.2. The third-order valence-electron chi connectivity index (χ3n) is 4.74. The van der Waals surface area contributed by atoms with Crippen LogP contribution in [-0.2, 0) is 6.42 Å². The summed E-state index contributed by atoms with van der Waals surface area (Å²) >= 11 is 1.70. The molecule has 0 spiro atoms. The second-order valence-electron chi connectivity index (χ2n) is 6.24. The summed E-state index contributed by atoms with van der Waals surface area (Å²) in [6.45, 7) is 10.7. The molecule has 1 heterocycles. The summed E-state index contributed by atoms with van der Waals surface area (Å²) in [7, 11) is 0. The molecule has 0 saturated heterocycles. The Hall–Kier alpha value is -1.65. The smallest absolute Gasteiger partial charge is 0.129 e. The lowest BCUT2D eigenvalue weighted by atomic mass is 10.00. The number of anilines is 1. The van der Waals surface area contributed by atoms with Gasteiger partial charge in [-0.15, -0.1) is 0 Å². The summed E-state index contributed by atoms with van der Waals surface area (Å²) in [4.78, 5) is 4.72. The Bertz CT molecular complexity index is 726. The van der Waals surface area contributed by atoms with E-state index >= 15 is 0 Å². The van der Waals surface area contributed by atoms with Gasteiger partial charge in [0.1, 0.15) is 5.75 Å². The number of benzene rings is 2. The lowest BCUT2D eigenvalue weighted by Crippen LogP contribution is -2.28. The maximum absolute atomic E-state index is 10.2. The van der Waals surface area contributed by atoms with Crippen molar-refractivity contribution in [3.8, 4) is 5.75 Å². The molecule has 0 bridgehead atoms. The lowest BCUT2D eigenvalue weighted by Gasteiger charge is -2.25. The van der Waals surface area contributed by atoms with Crippen molar-refractivity contribution in [3.63, 3.8) is 0 Å². The van der Waals surface area contributed by atoms with Gasteiger partial charge < -0.3 is 15.3 Å². The molecule has 0 fully saturated rings. The zero-order valence-electron chi connectivity index (χ0n) is 14.7. The molecule has 128 valence electrons. The number of rotatable bonds is 6. The minimum absolute atomic E-state index is 0.391. The van der Waals surface area contributed by atoms with Crippen molar-refractivity contribution in [2.45, 2.75) is 37.0 Å². The highest BCUT2D eigenvalue weighted by Crippen LogP contribution is 2.47. The van der Waals surface area contributed by atoms with Gasteiger partial charge in [0.05, 0.1) is 4.90 Å². The number of aryl methyl sites for hydroxylation is 1. The Morgan fingerprint density at radius 2 is 1.92 bits per heavy atom. The SMILES string of the molecule is CCN(CC)CCNc1ccc(C)c2c1Cc1cccc(O)c1S2. The first-order valence-electron chi connectivity index (χ1n) is 8.71. The van der Waals surface area contributed by atoms with Crippen LogP contribution in [-0.4, -0.2) is 36.2 Å². The minimum atomic E-state index is 0.391. The maximum Gasteiger partial charge on any atom is 0.129 e. The number of aromatic hydroxyl groups is 1. The topological polar surface area (TPSA) is 35.5 Å². The highest BCUT2D eigenvalue weighted by atomic mass is 32.2. The molecule has 0 radical (unpaired) electrons. The van der Waals surface area contributed by atoms with E-state index in [-0.39, 0.29) is 0 Å². The van der Waals surface area contributed by atoms with Crippen LogP contribution in [0.4, 0.5) is 5.69 Å². The van der Waals surface area contributed by atoms with E-state index in [2.05, 4.69) is 49.2 Å². The predicted octanol–water partition coefficient (Wildman–Crippen LogP) is 4.51. The van der Waals surface area contributed by atoms with Gasteiger partial charge in [-0.3, -0.25) is 0 Å². The van der Waals surface area contributed by atoms with Crippen LogP contribution in [0.2, 0.25) is 0 Å². The van der Waals surface area contributed by atoms with Gasteiger partial charge in [0.25, 0.3) is 0 Å². The molecule has 0 aromatic heterocycles. The van der Waals surface area contributed by atoms with Gasteiger partial charge in [0.15, 0.2) is 0 Å². The van der Waals surface area contributed by atoms with Gasteiger partial charge in [-0.25, -0.2) is 0 Å². The van der Waals surface area contributed by atoms with E-state index in [1.165, 1.54) is 27.3 Å². The van der Waals surface area contributed by atoms with Crippen LogP contribution < -0.4 is 5.32 Å². The predicted molar refractivity (Wildman–Crippen MR) is 102 cm³/mol. The monoisotopic (exact) mass is 342 g/mol. The molecule has 4 heteroatoms. The van der Waals surface area contributed by atoms with Crippen molar-refractivity contribution < 1.29 is 5.11 Å². The standard InChI is InChI=1S/C20H26N2OS/c1-4-22(5-2)12-11-21-17-10-9-14(3)19-16(17)13-15-7-6-8-18(23)20(15)24-19/h6-10,21,23H,4-5,11-13H2,1-3H3. The second-order valence-corrected chi connectivity index (χ2v) is 7.26. The van der Waals surface area contributed by atoms with Crippen LogP contribution in [0.1, 0.15) is 30.5 Å². The summed E-state index contributed by atoms with van der Waals surface area (Å²) < 4.78 is 0. The Morgan fingerprint density at radius 1 is 1.12 bits per heavy atom. The summed E-state index contributed by atoms with van der Waals surface area (Å²) in [5, 5.41) is 13.8. The van der Waals surface area contributed by atoms with Crippen LogP contribution in [0.15, 0.2) is 40.1 Å². The van der Waals surface area contributed by atoms with Gasteiger partial charge >= 0.3 is 0 Å². The van der Waals surface area contributed by atoms with Gasteiger partial charge in [0, 0.05) is 30.1 Å². The first-order valence-corrected chi connectivity index (χ1v) is 9.53. The fourth-order valence-electron chi connectivity index (χ4n) is 3.24. The largest absolute Gasteiger partial charge is 0.507 e. The number of fused-ring (bicyclic) bond motifs is 2. The van der Waals surface area contributed by atoms with E-state index in [9.17, 15) is 5.11 Å². The molecule has 24 heavy (non-hydrogen) atoms. The molecule has 1 aliphatic heterocycles. The first-order chi connectivity index (χ1) is 11.6. The van der Waals surface area contributed by atoms with Crippen molar-refractivity contribution in [2.24, 2.45) is 0 Å². The Morgan fingerprint density at radius 3 is 2.67 bits per heavy atom. The molecule has 3 nitrogen and oxygen atoms in total. The second kappa shape index (κ2) is 7.49. The fourth-order valence-corrected chi connectivity index (χ4v) is 4.42. The van der Waals surface area contributed by atoms with E-state index in [1.807, 2.05) is 6.07 Å². The summed E-state index contributed by atoms with van der Waals surface area (Å²) in [6, 6.07) is 10.2. The highest BCUT2D eigenvalue weighted by molar-refractivity contribution is 7.99. The number of hydrogen-bond acceptors (Lipinski definition) is 4. The Balaban J connectivity index is 1.82. The molecule has 3 rings (SSSR count). The number of phenols is 1. The average Bonchev–Trinajstić information content (AvgIpc) is 2.60. The molecule has 0 aliphatic carbocycles. The summed E-state index contributed by atoms with van der Waals surface area (Å²) in [5.74, 6) is 0.391. The summed E-state index contributed by atoms with van der Waals surface area (Å²) in [6.07, 6.45) is 0.876. The number of likely N-dealkylation sites (N-methyl/N-ethyl adjacent to an activating group) is 1. The quantitative estimate of drug-likeness (QED) is 0.691. The zero-order chi connectivity index (χ0) is 17.1. The molecular weight excluding hydrogens is 316 g/mol. The molecule has 0 atom stereocenters. The van der Waals surface area contributed by atoms with E-state index in [4.69, 9.17) is 0 Å². The van der Waals surface area contributed by atoms with Crippen molar-refractivity contribution in [3.05, 3.63) is 47.0 Å². The molecule has 0 amide bonds. The van der Waals surface area contributed by atoms with Crippen molar-refractivity contribution in [1.29, 1.82) is 0 Å². The third-order valence-corrected chi connectivity index (χ3v) is 6.19. The van der Waals surface area contributed by atoms with Crippen LogP contribution in [0, 0.1) is 6.92 Å². The van der Waals surface area contributed by atoms with Crippen LogP contribution >= 0.6 is 11.8 Å². The number of nitrogens with zero attached hydrogens (tertiary/aromatic N) is 1. The first kappa shape index (κ1) is 17.2. The van der Waals surface area contributed by atoms with E-state index in [0.717, 1.165) is 37.5 Å². The fraction of sp³-hybridized carbons (Fsp3) is 0.400. The van der Waals surface area contributed by atoms with Crippen molar-refractivity contribution in [1.82, 2.24) is 4.90 Å². The van der Waals surface area contributed by atoms with Crippen LogP contribution in [0.3, 0.4) is 0 Å². The third kappa shape index (κ3) is 3.40. The van der Waals surface area contributed by atoms with E-state index in [1.54, 1.807) is 17.8 Å². The minimum Gasteiger partial charge on any atom is -0.507 e. The van der Waals surface area contributed by atoms with Crippen molar-refractivity contribution >= 4 is 17.4 Å². The van der Waals surface area contributed by atoms with Crippen LogP contribution in [0.5, 0.6) is 5.75 Å². The molecule has 2 N–H and O–H groups in total. The van der Waals surface area contributed by atoms with E-state index < -0.39 is 0 Å². The number of hydrogen-bond donors (Lipinski definition) is 2. The van der Waals surface area contributed by atoms with E-state index in [0.29, 0.717) is 5.75 Å². The Labute approximate surface area is 149 Å². The van der Waals surface area contributed by atoms with Gasteiger partial charge in [-0.2, -0.15) is 0 Å². The number of phenolic OH excluding ortho intramolecular Hbond substituents is 1. The normalized spacial score (nSPS) is 12.8. The van der Waals surface area contributed by atoms with Crippen molar-refractivity contribution in [2.75, 3.05) is 31.5 Å². The molecule has 0 unspecified atom stereocenters. The van der Waals surface area contributed by atoms with Gasteiger partial charge in [-0.05, 0) is 48.8 Å². The molecular formula is C20H26N2OS. The highest BCUT2D eigenvalue weighted by Gasteiger charge is 2.22. The number of nitrogens with one attached hydrogen (secondary N) is 1. The van der Waals surface area contributed by atoms with Gasteiger partial charge in [0.2, 0.25) is 0 Å². The van der Waals surface area contributed by atoms with Gasteiger partial charge in [-0.1, -0.05) is 43.8 Å². The Kier molecular flexibility index (Phi) is 5.36. The molecule has 0 saturated carbocycles.